The number of hydrogen-bond donors (Lipinski definition) is 1. The normalized spacial score (nSPS) is 12.8. The van der Waals surface area contributed by atoms with Gasteiger partial charge in [0, 0.05) is 10.5 Å². The van der Waals surface area contributed by atoms with Gasteiger partial charge in [-0.1, -0.05) is 6.07 Å². The highest BCUT2D eigenvalue weighted by molar-refractivity contribution is 14.1. The second-order valence-corrected chi connectivity index (χ2v) is 6.59. The van der Waals surface area contributed by atoms with Crippen molar-refractivity contribution in [2.45, 2.75) is 13.0 Å². The standard InChI is InChI=1S/C11H10BrI2N3/c1-6(15)7-2-3-9(8(12)4-7)17-5-16-10(13)11(17)14/h2-6H,15H2,1H3. The molecule has 0 radical (unpaired) electrons. The summed E-state index contributed by atoms with van der Waals surface area (Å²) in [5, 5.41) is 0. The molecule has 1 aromatic heterocycles. The minimum atomic E-state index is 0.0438. The molecule has 1 heterocycles. The van der Waals surface area contributed by atoms with Crippen molar-refractivity contribution in [1.29, 1.82) is 0 Å². The van der Waals surface area contributed by atoms with Crippen molar-refractivity contribution in [2.75, 3.05) is 0 Å². The molecule has 17 heavy (non-hydrogen) atoms. The van der Waals surface area contributed by atoms with E-state index in [0.29, 0.717) is 0 Å². The zero-order chi connectivity index (χ0) is 12.6. The van der Waals surface area contributed by atoms with Crippen molar-refractivity contribution in [3.8, 4) is 5.69 Å². The Morgan fingerprint density at radius 2 is 2.12 bits per heavy atom. The fraction of sp³-hybridized carbons (Fsp3) is 0.182. The summed E-state index contributed by atoms with van der Waals surface area (Å²) in [5.41, 5.74) is 8.06. The van der Waals surface area contributed by atoms with E-state index < -0.39 is 0 Å². The lowest BCUT2D eigenvalue weighted by atomic mass is 10.1. The first-order valence-electron chi connectivity index (χ1n) is 4.94. The Hall–Kier alpha value is 0.330. The smallest absolute Gasteiger partial charge is 0.133 e. The number of hydrogen-bond acceptors (Lipinski definition) is 2. The lowest BCUT2D eigenvalue weighted by Crippen LogP contribution is -2.05. The van der Waals surface area contributed by atoms with Crippen LogP contribution in [-0.2, 0) is 0 Å². The van der Waals surface area contributed by atoms with E-state index in [2.05, 4.69) is 82.8 Å². The molecule has 1 atom stereocenters. The molecule has 0 saturated heterocycles. The summed E-state index contributed by atoms with van der Waals surface area (Å²) in [5.74, 6) is 0. The maximum absolute atomic E-state index is 5.86. The minimum absolute atomic E-state index is 0.0438. The third-order valence-electron chi connectivity index (χ3n) is 2.43. The lowest BCUT2D eigenvalue weighted by molar-refractivity contribution is 0.816. The van der Waals surface area contributed by atoms with Gasteiger partial charge in [-0.25, -0.2) is 4.98 Å². The topological polar surface area (TPSA) is 43.8 Å². The van der Waals surface area contributed by atoms with Crippen LogP contribution in [0.25, 0.3) is 5.69 Å². The zero-order valence-corrected chi connectivity index (χ0v) is 14.9. The Morgan fingerprint density at radius 3 is 2.59 bits per heavy atom. The van der Waals surface area contributed by atoms with Gasteiger partial charge in [-0.3, -0.25) is 4.57 Å². The maximum atomic E-state index is 5.86. The van der Waals surface area contributed by atoms with Crippen LogP contribution in [-0.4, -0.2) is 9.55 Å². The van der Waals surface area contributed by atoms with Gasteiger partial charge in [0.1, 0.15) is 13.7 Å². The number of nitrogens with two attached hydrogens (primary N) is 1. The third kappa shape index (κ3) is 2.85. The van der Waals surface area contributed by atoms with Gasteiger partial charge in [0.2, 0.25) is 0 Å². The van der Waals surface area contributed by atoms with E-state index in [1.54, 1.807) is 0 Å². The second kappa shape index (κ2) is 5.54. The predicted molar refractivity (Wildman–Crippen MR) is 89.3 cm³/mol. The highest BCUT2D eigenvalue weighted by Crippen LogP contribution is 2.27. The average Bonchev–Trinajstić information content (AvgIpc) is 2.60. The van der Waals surface area contributed by atoms with Crippen molar-refractivity contribution < 1.29 is 0 Å². The number of rotatable bonds is 2. The first-order chi connectivity index (χ1) is 8.00. The Bertz CT molecular complexity index is 552. The number of nitrogens with zero attached hydrogens (tertiary/aromatic N) is 2. The molecule has 0 aliphatic heterocycles. The fourth-order valence-corrected chi connectivity index (χ4v) is 2.98. The number of benzene rings is 1. The highest BCUT2D eigenvalue weighted by atomic mass is 127. The van der Waals surface area contributed by atoms with Gasteiger partial charge in [0.15, 0.2) is 0 Å². The maximum Gasteiger partial charge on any atom is 0.133 e. The molecule has 90 valence electrons. The second-order valence-electron chi connectivity index (χ2n) is 3.70. The van der Waals surface area contributed by atoms with E-state index in [-0.39, 0.29) is 6.04 Å². The average molecular weight is 518 g/mol. The van der Waals surface area contributed by atoms with E-state index in [9.17, 15) is 0 Å². The molecule has 0 saturated carbocycles. The van der Waals surface area contributed by atoms with Gasteiger partial charge in [-0.2, -0.15) is 0 Å². The first-order valence-corrected chi connectivity index (χ1v) is 7.89. The Balaban J connectivity index is 2.50. The molecule has 1 aromatic carbocycles. The van der Waals surface area contributed by atoms with Crippen molar-refractivity contribution in [1.82, 2.24) is 9.55 Å². The van der Waals surface area contributed by atoms with Gasteiger partial charge < -0.3 is 5.73 Å². The molecule has 0 fully saturated rings. The number of halogens is 3. The van der Waals surface area contributed by atoms with Crippen molar-refractivity contribution in [2.24, 2.45) is 5.73 Å². The van der Waals surface area contributed by atoms with E-state index in [1.165, 1.54) is 0 Å². The summed E-state index contributed by atoms with van der Waals surface area (Å²) in [6.07, 6.45) is 1.83. The van der Waals surface area contributed by atoms with E-state index >= 15 is 0 Å². The summed E-state index contributed by atoms with van der Waals surface area (Å²) >= 11 is 8.10. The van der Waals surface area contributed by atoms with Gasteiger partial charge in [-0.15, -0.1) is 0 Å². The van der Waals surface area contributed by atoms with Gasteiger partial charge >= 0.3 is 0 Å². The van der Waals surface area contributed by atoms with Gasteiger partial charge in [-0.05, 0) is 85.7 Å². The lowest BCUT2D eigenvalue weighted by Gasteiger charge is -2.11. The van der Waals surface area contributed by atoms with Gasteiger partial charge in [0.05, 0.1) is 5.69 Å². The zero-order valence-electron chi connectivity index (χ0n) is 8.99. The van der Waals surface area contributed by atoms with Crippen LogP contribution in [0.4, 0.5) is 0 Å². The SMILES string of the molecule is CC(N)c1ccc(-n2cnc(I)c2I)c(Br)c1. The predicted octanol–water partition coefficient (Wildman–Crippen LogP) is 3.86. The van der Waals surface area contributed by atoms with E-state index in [1.807, 2.05) is 19.3 Å². The molecule has 0 spiro atoms. The fourth-order valence-electron chi connectivity index (χ4n) is 1.48. The molecule has 0 aliphatic carbocycles. The van der Waals surface area contributed by atoms with Crippen LogP contribution < -0.4 is 5.73 Å². The molecule has 2 N–H and O–H groups in total. The minimum Gasteiger partial charge on any atom is -0.324 e. The summed E-state index contributed by atoms with van der Waals surface area (Å²) < 4.78 is 5.19. The Morgan fingerprint density at radius 1 is 1.41 bits per heavy atom. The van der Waals surface area contributed by atoms with E-state index in [0.717, 1.165) is 23.1 Å². The van der Waals surface area contributed by atoms with Crippen LogP contribution >= 0.6 is 61.1 Å². The van der Waals surface area contributed by atoms with Gasteiger partial charge in [0.25, 0.3) is 0 Å². The van der Waals surface area contributed by atoms with Crippen molar-refractivity contribution in [3.05, 3.63) is 42.0 Å². The molecule has 1 unspecified atom stereocenters. The summed E-state index contributed by atoms with van der Waals surface area (Å²) in [6.45, 7) is 1.98. The summed E-state index contributed by atoms with van der Waals surface area (Å²) in [4.78, 5) is 4.29. The van der Waals surface area contributed by atoms with Crippen LogP contribution in [0.1, 0.15) is 18.5 Å². The molecule has 6 heteroatoms. The third-order valence-corrected chi connectivity index (χ3v) is 5.91. The van der Waals surface area contributed by atoms with Crippen LogP contribution in [0.2, 0.25) is 0 Å². The molecule has 3 nitrogen and oxygen atoms in total. The Kier molecular flexibility index (Phi) is 4.48. The molecule has 0 aliphatic rings. The quantitative estimate of drug-likeness (QED) is 0.615. The van der Waals surface area contributed by atoms with Crippen LogP contribution in [0.15, 0.2) is 29.0 Å². The first kappa shape index (κ1) is 13.8. The van der Waals surface area contributed by atoms with Crippen molar-refractivity contribution >= 4 is 61.1 Å². The Labute approximate surface area is 136 Å². The van der Waals surface area contributed by atoms with Crippen LogP contribution in [0.5, 0.6) is 0 Å². The molecular weight excluding hydrogens is 508 g/mol. The van der Waals surface area contributed by atoms with Crippen molar-refractivity contribution in [3.63, 3.8) is 0 Å². The summed E-state index contributed by atoms with van der Waals surface area (Å²) in [6, 6.07) is 6.21. The summed E-state index contributed by atoms with van der Waals surface area (Å²) in [7, 11) is 0. The monoisotopic (exact) mass is 517 g/mol. The number of aromatic nitrogens is 2. The molecule has 0 bridgehead atoms. The molecule has 2 rings (SSSR count). The number of imidazole rings is 1. The molecule has 0 amide bonds. The highest BCUT2D eigenvalue weighted by Gasteiger charge is 2.11. The van der Waals surface area contributed by atoms with Crippen LogP contribution in [0, 0.1) is 7.40 Å². The molecule has 2 aromatic rings. The molecular formula is C11H10BrI2N3. The van der Waals surface area contributed by atoms with E-state index in [4.69, 9.17) is 5.73 Å². The van der Waals surface area contributed by atoms with Crippen LogP contribution in [0.3, 0.4) is 0 Å². The largest absolute Gasteiger partial charge is 0.324 e.